The zero-order valence-electron chi connectivity index (χ0n) is 18.0. The van der Waals surface area contributed by atoms with Crippen molar-refractivity contribution < 1.29 is 4.79 Å². The summed E-state index contributed by atoms with van der Waals surface area (Å²) < 4.78 is 2.28. The predicted molar refractivity (Wildman–Crippen MR) is 117 cm³/mol. The number of carbonyl (C=O) groups excluding carboxylic acids is 1. The summed E-state index contributed by atoms with van der Waals surface area (Å²) in [4.78, 5) is 45.9. The van der Waals surface area contributed by atoms with E-state index in [2.05, 4.69) is 11.1 Å². The molecule has 3 aromatic rings. The van der Waals surface area contributed by atoms with Gasteiger partial charge < -0.3 is 9.80 Å². The molecule has 0 bridgehead atoms. The molecular formula is C22H24N6O3. The van der Waals surface area contributed by atoms with Gasteiger partial charge in [-0.05, 0) is 43.9 Å². The number of amides is 1. The van der Waals surface area contributed by atoms with Gasteiger partial charge in [-0.2, -0.15) is 5.26 Å². The fourth-order valence-corrected chi connectivity index (χ4v) is 3.21. The number of likely N-dealkylation sites (N-methyl/N-ethyl adjacent to an activating group) is 1. The summed E-state index contributed by atoms with van der Waals surface area (Å²) in [6, 6.07) is 12.2. The number of aryl methyl sites for hydroxylation is 1. The fourth-order valence-electron chi connectivity index (χ4n) is 3.21. The molecule has 0 atom stereocenters. The smallest absolute Gasteiger partial charge is 0.332 e. The summed E-state index contributed by atoms with van der Waals surface area (Å²) in [5, 5.41) is 9.25. The molecule has 0 aliphatic heterocycles. The van der Waals surface area contributed by atoms with E-state index in [0.29, 0.717) is 25.2 Å². The molecule has 0 spiro atoms. The van der Waals surface area contributed by atoms with E-state index < -0.39 is 11.2 Å². The third-order valence-electron chi connectivity index (χ3n) is 5.08. The van der Waals surface area contributed by atoms with Crippen LogP contribution in [0.1, 0.15) is 21.6 Å². The highest BCUT2D eigenvalue weighted by Crippen LogP contribution is 2.13. The van der Waals surface area contributed by atoms with Crippen molar-refractivity contribution >= 4 is 16.9 Å². The van der Waals surface area contributed by atoms with Crippen molar-refractivity contribution in [1.82, 2.24) is 23.9 Å². The number of pyridine rings is 1. The molecule has 0 N–H and O–H groups in total. The van der Waals surface area contributed by atoms with Crippen molar-refractivity contribution in [2.75, 3.05) is 27.2 Å². The predicted octanol–water partition coefficient (Wildman–Crippen LogP) is 0.708. The number of nitriles is 1. The van der Waals surface area contributed by atoms with E-state index in [0.717, 1.165) is 10.1 Å². The Kier molecular flexibility index (Phi) is 6.32. The minimum atomic E-state index is -0.503. The maximum absolute atomic E-state index is 13.3. The molecule has 2 aromatic heterocycles. The Bertz CT molecular complexity index is 1280. The highest BCUT2D eigenvalue weighted by Gasteiger charge is 2.20. The molecule has 9 nitrogen and oxygen atoms in total. The maximum Gasteiger partial charge on any atom is 0.332 e. The van der Waals surface area contributed by atoms with Gasteiger partial charge in [0.15, 0.2) is 0 Å². The fraction of sp³-hybridized carbons (Fsp3) is 0.318. The van der Waals surface area contributed by atoms with Crippen molar-refractivity contribution in [3.05, 3.63) is 74.1 Å². The molecule has 0 saturated carbocycles. The van der Waals surface area contributed by atoms with Crippen LogP contribution in [0.4, 0.5) is 0 Å². The summed E-state index contributed by atoms with van der Waals surface area (Å²) in [7, 11) is 6.77. The molecule has 2 heterocycles. The Morgan fingerprint density at radius 1 is 1.03 bits per heavy atom. The summed E-state index contributed by atoms with van der Waals surface area (Å²) >= 11 is 0. The van der Waals surface area contributed by atoms with Crippen molar-refractivity contribution in [2.24, 2.45) is 14.1 Å². The van der Waals surface area contributed by atoms with Crippen LogP contribution in [0.3, 0.4) is 0 Å². The first-order chi connectivity index (χ1) is 14.7. The van der Waals surface area contributed by atoms with Crippen LogP contribution in [0.5, 0.6) is 0 Å². The minimum absolute atomic E-state index is 0.156. The molecule has 0 fully saturated rings. The Morgan fingerprint density at radius 2 is 1.71 bits per heavy atom. The van der Waals surface area contributed by atoms with Gasteiger partial charge in [-0.25, -0.2) is 9.78 Å². The van der Waals surface area contributed by atoms with Crippen LogP contribution in [-0.2, 0) is 20.6 Å². The quantitative estimate of drug-likeness (QED) is 0.582. The largest absolute Gasteiger partial charge is 0.332 e. The van der Waals surface area contributed by atoms with E-state index in [9.17, 15) is 14.4 Å². The molecule has 0 saturated heterocycles. The third kappa shape index (κ3) is 4.54. The lowest BCUT2D eigenvalue weighted by atomic mass is 10.1. The van der Waals surface area contributed by atoms with Gasteiger partial charge in [-0.1, -0.05) is 12.1 Å². The summed E-state index contributed by atoms with van der Waals surface area (Å²) in [5.41, 5.74) is 0.804. The van der Waals surface area contributed by atoms with E-state index in [1.54, 1.807) is 17.0 Å². The van der Waals surface area contributed by atoms with Crippen molar-refractivity contribution in [3.63, 3.8) is 0 Å². The van der Waals surface area contributed by atoms with E-state index in [-0.39, 0.29) is 22.6 Å². The molecule has 1 aromatic carbocycles. The third-order valence-corrected chi connectivity index (χ3v) is 5.08. The second-order valence-corrected chi connectivity index (χ2v) is 7.61. The minimum Gasteiger partial charge on any atom is -0.332 e. The number of nitrogens with zero attached hydrogens (tertiary/aromatic N) is 6. The lowest BCUT2D eigenvalue weighted by Crippen LogP contribution is -2.38. The number of carbonyl (C=O) groups is 1. The van der Waals surface area contributed by atoms with Crippen molar-refractivity contribution in [3.8, 4) is 6.07 Å². The standard InChI is InChI=1S/C22H24N6O3/c1-25(2)11-12-28(14-16-7-5-15(13-23)6-8-16)21(30)18-10-9-17-19(24-18)26(3)22(31)27(4)20(17)29/h5-10H,11-12,14H2,1-4H3. The molecule has 0 aliphatic rings. The highest BCUT2D eigenvalue weighted by atomic mass is 16.2. The normalized spacial score (nSPS) is 11.0. The maximum atomic E-state index is 13.3. The molecule has 0 aliphatic carbocycles. The zero-order valence-corrected chi connectivity index (χ0v) is 18.0. The Morgan fingerprint density at radius 3 is 2.32 bits per heavy atom. The van der Waals surface area contributed by atoms with Gasteiger partial charge in [0, 0.05) is 33.7 Å². The Balaban J connectivity index is 1.99. The summed E-state index contributed by atoms with van der Waals surface area (Å²) in [6.45, 7) is 1.45. The van der Waals surface area contributed by atoms with Crippen LogP contribution in [0.2, 0.25) is 0 Å². The second-order valence-electron chi connectivity index (χ2n) is 7.61. The lowest BCUT2D eigenvalue weighted by molar-refractivity contribution is 0.0726. The molecule has 0 unspecified atom stereocenters. The first-order valence-corrected chi connectivity index (χ1v) is 9.72. The number of aromatic nitrogens is 3. The van der Waals surface area contributed by atoms with Crippen LogP contribution in [0, 0.1) is 11.3 Å². The lowest BCUT2D eigenvalue weighted by Gasteiger charge is -2.24. The molecule has 31 heavy (non-hydrogen) atoms. The average Bonchev–Trinajstić information content (AvgIpc) is 2.78. The van der Waals surface area contributed by atoms with E-state index >= 15 is 0 Å². The van der Waals surface area contributed by atoms with Crippen LogP contribution in [0.25, 0.3) is 11.0 Å². The van der Waals surface area contributed by atoms with Gasteiger partial charge in [0.2, 0.25) is 0 Å². The van der Waals surface area contributed by atoms with Crippen molar-refractivity contribution in [1.29, 1.82) is 5.26 Å². The second kappa shape index (κ2) is 8.93. The molecular weight excluding hydrogens is 396 g/mol. The summed E-state index contributed by atoms with van der Waals surface area (Å²) in [6.07, 6.45) is 0. The number of hydrogen-bond donors (Lipinski definition) is 0. The van der Waals surface area contributed by atoms with E-state index in [4.69, 9.17) is 5.26 Å². The van der Waals surface area contributed by atoms with Gasteiger partial charge in [0.25, 0.3) is 11.5 Å². The number of hydrogen-bond acceptors (Lipinski definition) is 6. The number of benzene rings is 1. The van der Waals surface area contributed by atoms with Gasteiger partial charge in [-0.15, -0.1) is 0 Å². The van der Waals surface area contributed by atoms with Gasteiger partial charge in [0.1, 0.15) is 11.3 Å². The van der Waals surface area contributed by atoms with Crippen LogP contribution in [0.15, 0.2) is 46.0 Å². The Hall–Kier alpha value is -3.77. The molecule has 1 amide bonds. The van der Waals surface area contributed by atoms with Gasteiger partial charge in [0.05, 0.1) is 17.0 Å². The topological polar surface area (TPSA) is 104 Å². The highest BCUT2D eigenvalue weighted by molar-refractivity contribution is 5.94. The zero-order chi connectivity index (χ0) is 22.7. The molecule has 9 heteroatoms. The van der Waals surface area contributed by atoms with Crippen LogP contribution >= 0.6 is 0 Å². The first-order valence-electron chi connectivity index (χ1n) is 9.72. The number of rotatable bonds is 6. The monoisotopic (exact) mass is 420 g/mol. The van der Waals surface area contributed by atoms with Crippen LogP contribution < -0.4 is 11.2 Å². The van der Waals surface area contributed by atoms with E-state index in [1.807, 2.05) is 31.1 Å². The number of fused-ring (bicyclic) bond motifs is 1. The summed E-state index contributed by atoms with van der Waals surface area (Å²) in [5.74, 6) is -0.304. The SMILES string of the molecule is CN(C)CCN(Cc1ccc(C#N)cc1)C(=O)c1ccc2c(=O)n(C)c(=O)n(C)c2n1. The Labute approximate surface area is 179 Å². The van der Waals surface area contributed by atoms with Crippen molar-refractivity contribution in [2.45, 2.75) is 6.54 Å². The van der Waals surface area contributed by atoms with E-state index in [1.165, 1.54) is 30.8 Å². The van der Waals surface area contributed by atoms with Gasteiger partial charge in [-0.3, -0.25) is 18.7 Å². The van der Waals surface area contributed by atoms with Crippen LogP contribution in [-0.4, -0.2) is 57.0 Å². The first kappa shape index (κ1) is 21.9. The molecule has 3 rings (SSSR count). The van der Waals surface area contributed by atoms with Gasteiger partial charge >= 0.3 is 5.69 Å². The average molecular weight is 420 g/mol. The molecule has 0 radical (unpaired) electrons. The molecule has 160 valence electrons.